The highest BCUT2D eigenvalue weighted by atomic mass is 16.3. The molecule has 1 aromatic rings. The van der Waals surface area contributed by atoms with Gasteiger partial charge in [0.1, 0.15) is 5.75 Å². The first-order chi connectivity index (χ1) is 8.56. The zero-order valence-corrected chi connectivity index (χ0v) is 12.2. The van der Waals surface area contributed by atoms with Crippen LogP contribution in [0.3, 0.4) is 0 Å². The Kier molecular flexibility index (Phi) is 6.24. The summed E-state index contributed by atoms with van der Waals surface area (Å²) in [5, 5.41) is 9.55. The van der Waals surface area contributed by atoms with Gasteiger partial charge in [0.2, 0.25) is 0 Å². The van der Waals surface area contributed by atoms with Crippen LogP contribution in [0.4, 0.5) is 0 Å². The topological polar surface area (TPSA) is 20.2 Å². The normalized spacial score (nSPS) is 11.7. The standard InChI is InChI=1S/C17H28O/c1-4-5-6-7-8-9-13-17(2,3)15-11-10-12-16(18)14-15/h10-12,14,18H,4-9,13H2,1-3H3. The molecule has 0 saturated carbocycles. The molecule has 1 N–H and O–H groups in total. The van der Waals surface area contributed by atoms with Crippen LogP contribution in [0.25, 0.3) is 0 Å². The molecule has 102 valence electrons. The van der Waals surface area contributed by atoms with Gasteiger partial charge in [0.15, 0.2) is 0 Å². The Hall–Kier alpha value is -0.980. The van der Waals surface area contributed by atoms with E-state index in [9.17, 15) is 5.11 Å². The lowest BCUT2D eigenvalue weighted by Gasteiger charge is -2.25. The van der Waals surface area contributed by atoms with Crippen LogP contribution in [0, 0.1) is 0 Å². The van der Waals surface area contributed by atoms with Crippen molar-refractivity contribution in [1.29, 1.82) is 0 Å². The van der Waals surface area contributed by atoms with Crippen LogP contribution in [0.2, 0.25) is 0 Å². The third kappa shape index (κ3) is 5.12. The quantitative estimate of drug-likeness (QED) is 0.609. The molecule has 1 heteroatoms. The maximum atomic E-state index is 9.55. The third-order valence-corrected chi connectivity index (χ3v) is 3.78. The first-order valence-electron chi connectivity index (χ1n) is 7.36. The molecule has 0 unspecified atom stereocenters. The summed E-state index contributed by atoms with van der Waals surface area (Å²) in [6.07, 6.45) is 9.24. The summed E-state index contributed by atoms with van der Waals surface area (Å²) in [4.78, 5) is 0. The summed E-state index contributed by atoms with van der Waals surface area (Å²) in [6, 6.07) is 7.70. The second kappa shape index (κ2) is 7.45. The molecule has 1 aromatic carbocycles. The summed E-state index contributed by atoms with van der Waals surface area (Å²) in [5.41, 5.74) is 1.42. The minimum absolute atomic E-state index is 0.170. The van der Waals surface area contributed by atoms with E-state index in [0.29, 0.717) is 5.75 Å². The van der Waals surface area contributed by atoms with Gasteiger partial charge in [-0.25, -0.2) is 0 Å². The van der Waals surface area contributed by atoms with Crippen LogP contribution in [0.1, 0.15) is 71.3 Å². The second-order valence-electron chi connectivity index (χ2n) is 5.95. The van der Waals surface area contributed by atoms with E-state index in [-0.39, 0.29) is 5.41 Å². The predicted molar refractivity (Wildman–Crippen MR) is 79.1 cm³/mol. The number of benzene rings is 1. The predicted octanol–water partition coefficient (Wildman–Crippen LogP) is 5.42. The molecule has 0 saturated heterocycles. The number of phenols is 1. The number of hydrogen-bond donors (Lipinski definition) is 1. The molecule has 0 spiro atoms. The fourth-order valence-corrected chi connectivity index (χ4v) is 2.42. The van der Waals surface area contributed by atoms with Crippen LogP contribution >= 0.6 is 0 Å². The SMILES string of the molecule is CCCCCCCCC(C)(C)c1cccc(O)c1. The van der Waals surface area contributed by atoms with Crippen molar-refractivity contribution in [2.45, 2.75) is 71.1 Å². The van der Waals surface area contributed by atoms with Crippen LogP contribution in [-0.2, 0) is 5.41 Å². The molecular weight excluding hydrogens is 220 g/mol. The van der Waals surface area contributed by atoms with E-state index in [4.69, 9.17) is 0 Å². The first-order valence-corrected chi connectivity index (χ1v) is 7.36. The lowest BCUT2D eigenvalue weighted by Crippen LogP contribution is -2.16. The summed E-state index contributed by atoms with van der Waals surface area (Å²) < 4.78 is 0. The van der Waals surface area contributed by atoms with Gasteiger partial charge in [0.05, 0.1) is 0 Å². The summed E-state index contributed by atoms with van der Waals surface area (Å²) in [5.74, 6) is 0.378. The van der Waals surface area contributed by atoms with Gasteiger partial charge in [-0.05, 0) is 29.5 Å². The molecule has 0 bridgehead atoms. The Balaban J connectivity index is 2.35. The molecule has 0 atom stereocenters. The zero-order valence-electron chi connectivity index (χ0n) is 12.2. The van der Waals surface area contributed by atoms with Gasteiger partial charge in [-0.2, -0.15) is 0 Å². The molecule has 1 rings (SSSR count). The van der Waals surface area contributed by atoms with Crippen molar-refractivity contribution in [1.82, 2.24) is 0 Å². The van der Waals surface area contributed by atoms with Crippen LogP contribution in [0.5, 0.6) is 5.75 Å². The van der Waals surface area contributed by atoms with Crippen LogP contribution in [-0.4, -0.2) is 5.11 Å². The van der Waals surface area contributed by atoms with Gasteiger partial charge in [-0.1, -0.05) is 71.4 Å². The van der Waals surface area contributed by atoms with E-state index in [1.54, 1.807) is 6.07 Å². The molecular formula is C17H28O. The van der Waals surface area contributed by atoms with Crippen molar-refractivity contribution in [2.24, 2.45) is 0 Å². The molecule has 1 nitrogen and oxygen atoms in total. The van der Waals surface area contributed by atoms with E-state index in [0.717, 1.165) is 0 Å². The van der Waals surface area contributed by atoms with Crippen molar-refractivity contribution >= 4 is 0 Å². The van der Waals surface area contributed by atoms with Gasteiger partial charge in [-0.3, -0.25) is 0 Å². The Bertz CT molecular complexity index is 341. The fourth-order valence-electron chi connectivity index (χ4n) is 2.42. The van der Waals surface area contributed by atoms with Gasteiger partial charge in [-0.15, -0.1) is 0 Å². The number of unbranched alkanes of at least 4 members (excludes halogenated alkanes) is 5. The summed E-state index contributed by atoms with van der Waals surface area (Å²) >= 11 is 0. The van der Waals surface area contributed by atoms with E-state index in [2.05, 4.69) is 26.8 Å². The number of phenolic OH excluding ortho intramolecular Hbond substituents is 1. The highest BCUT2D eigenvalue weighted by Crippen LogP contribution is 2.31. The molecule has 0 aliphatic rings. The molecule has 0 radical (unpaired) electrons. The second-order valence-corrected chi connectivity index (χ2v) is 5.95. The molecule has 0 aliphatic carbocycles. The van der Waals surface area contributed by atoms with E-state index in [1.165, 1.54) is 50.5 Å². The fraction of sp³-hybridized carbons (Fsp3) is 0.647. The Morgan fingerprint density at radius 2 is 1.67 bits per heavy atom. The van der Waals surface area contributed by atoms with Gasteiger partial charge < -0.3 is 5.11 Å². The molecule has 0 aliphatic heterocycles. The highest BCUT2D eigenvalue weighted by molar-refractivity contribution is 5.31. The van der Waals surface area contributed by atoms with Crippen LogP contribution in [0.15, 0.2) is 24.3 Å². The van der Waals surface area contributed by atoms with Crippen molar-refractivity contribution in [3.05, 3.63) is 29.8 Å². The lowest BCUT2D eigenvalue weighted by molar-refractivity contribution is 0.435. The number of rotatable bonds is 8. The summed E-state index contributed by atoms with van der Waals surface area (Å²) in [6.45, 7) is 6.80. The minimum Gasteiger partial charge on any atom is -0.508 e. The average Bonchev–Trinajstić information content (AvgIpc) is 2.33. The molecule has 18 heavy (non-hydrogen) atoms. The smallest absolute Gasteiger partial charge is 0.115 e. The van der Waals surface area contributed by atoms with Crippen molar-refractivity contribution in [2.75, 3.05) is 0 Å². The molecule has 0 fully saturated rings. The number of hydrogen-bond acceptors (Lipinski definition) is 1. The monoisotopic (exact) mass is 248 g/mol. The third-order valence-electron chi connectivity index (χ3n) is 3.78. The van der Waals surface area contributed by atoms with E-state index >= 15 is 0 Å². The van der Waals surface area contributed by atoms with Gasteiger partial charge in [0.25, 0.3) is 0 Å². The maximum Gasteiger partial charge on any atom is 0.115 e. The van der Waals surface area contributed by atoms with E-state index in [1.807, 2.05) is 12.1 Å². The Labute approximate surface area is 112 Å². The maximum absolute atomic E-state index is 9.55. The van der Waals surface area contributed by atoms with Crippen LogP contribution < -0.4 is 0 Å². The lowest BCUT2D eigenvalue weighted by atomic mass is 9.80. The van der Waals surface area contributed by atoms with Crippen molar-refractivity contribution < 1.29 is 5.11 Å². The Morgan fingerprint density at radius 3 is 2.33 bits per heavy atom. The first kappa shape index (κ1) is 15.1. The van der Waals surface area contributed by atoms with Crippen molar-refractivity contribution in [3.63, 3.8) is 0 Å². The largest absolute Gasteiger partial charge is 0.508 e. The highest BCUT2D eigenvalue weighted by Gasteiger charge is 2.20. The summed E-state index contributed by atoms with van der Waals surface area (Å²) in [7, 11) is 0. The minimum atomic E-state index is 0.170. The van der Waals surface area contributed by atoms with Crippen molar-refractivity contribution in [3.8, 4) is 5.75 Å². The molecule has 0 amide bonds. The van der Waals surface area contributed by atoms with Gasteiger partial charge >= 0.3 is 0 Å². The zero-order chi connectivity index (χ0) is 13.4. The molecule has 0 heterocycles. The average molecular weight is 248 g/mol. The van der Waals surface area contributed by atoms with Gasteiger partial charge in [0, 0.05) is 0 Å². The van der Waals surface area contributed by atoms with E-state index < -0.39 is 0 Å². The Morgan fingerprint density at radius 1 is 1.00 bits per heavy atom. The number of aromatic hydroxyl groups is 1. The molecule has 0 aromatic heterocycles.